The largest absolute Gasteiger partial charge is 0.497 e. The Balaban J connectivity index is 2.15. The third kappa shape index (κ3) is 4.06. The van der Waals surface area contributed by atoms with Gasteiger partial charge >= 0.3 is 0 Å². The van der Waals surface area contributed by atoms with Gasteiger partial charge in [-0.15, -0.1) is 0 Å². The van der Waals surface area contributed by atoms with Crippen molar-refractivity contribution < 1.29 is 4.74 Å². The fraction of sp³-hybridized carbons (Fsp3) is 0.167. The molecule has 0 fully saturated rings. The minimum absolute atomic E-state index is 0.924. The van der Waals surface area contributed by atoms with Gasteiger partial charge in [0.15, 0.2) is 0 Å². The zero-order chi connectivity index (χ0) is 18.2. The van der Waals surface area contributed by atoms with Gasteiger partial charge in [0.05, 0.1) is 37.3 Å². The van der Waals surface area contributed by atoms with Crippen LogP contribution in [-0.4, -0.2) is 13.3 Å². The van der Waals surface area contributed by atoms with Crippen molar-refractivity contribution in [3.8, 4) is 5.75 Å². The molecular formula is C24H26OP+. The molecule has 3 rings (SSSR count). The molecule has 0 atom stereocenters. The van der Waals surface area contributed by atoms with Crippen molar-refractivity contribution >= 4 is 17.9 Å². The van der Waals surface area contributed by atoms with Gasteiger partial charge in [0.1, 0.15) is 5.75 Å². The van der Waals surface area contributed by atoms with E-state index in [0.29, 0.717) is 0 Å². The zero-order valence-corrected chi connectivity index (χ0v) is 16.4. The SMILES string of the molecule is CC=CC[P+](Cc1cccc(OC)c1)(c1ccccc1)c1ccccc1. The average molecular weight is 361 g/mol. The van der Waals surface area contributed by atoms with E-state index in [0.717, 1.165) is 18.1 Å². The molecule has 1 nitrogen and oxygen atoms in total. The molecule has 0 spiro atoms. The maximum absolute atomic E-state index is 5.46. The smallest absolute Gasteiger partial charge is 0.119 e. The summed E-state index contributed by atoms with van der Waals surface area (Å²) in [5.41, 5.74) is 1.33. The summed E-state index contributed by atoms with van der Waals surface area (Å²) in [5.74, 6) is 0.924. The lowest BCUT2D eigenvalue weighted by atomic mass is 10.2. The Labute approximate surface area is 157 Å². The van der Waals surface area contributed by atoms with Crippen LogP contribution < -0.4 is 15.3 Å². The number of allylic oxidation sites excluding steroid dienone is 2. The highest BCUT2D eigenvalue weighted by atomic mass is 31.2. The first-order valence-electron chi connectivity index (χ1n) is 9.01. The first-order valence-corrected chi connectivity index (χ1v) is 11.2. The van der Waals surface area contributed by atoms with Gasteiger partial charge in [0, 0.05) is 0 Å². The summed E-state index contributed by atoms with van der Waals surface area (Å²) in [6.07, 6.45) is 6.59. The Hall–Kier alpha value is -2.37. The number of hydrogen-bond acceptors (Lipinski definition) is 1. The molecule has 3 aromatic carbocycles. The monoisotopic (exact) mass is 361 g/mol. The molecule has 0 unspecified atom stereocenters. The molecule has 2 heteroatoms. The van der Waals surface area contributed by atoms with E-state index in [1.807, 2.05) is 6.07 Å². The second-order valence-electron chi connectivity index (χ2n) is 6.40. The van der Waals surface area contributed by atoms with E-state index in [2.05, 4.69) is 97.9 Å². The molecule has 26 heavy (non-hydrogen) atoms. The van der Waals surface area contributed by atoms with Crippen molar-refractivity contribution in [2.24, 2.45) is 0 Å². The van der Waals surface area contributed by atoms with Gasteiger partial charge in [0.25, 0.3) is 0 Å². The molecule has 0 bridgehead atoms. The highest BCUT2D eigenvalue weighted by Gasteiger charge is 2.41. The summed E-state index contributed by atoms with van der Waals surface area (Å²) in [4.78, 5) is 0. The standard InChI is InChI=1S/C24H26OP/c1-3-4-18-26(23-14-7-5-8-15-23,24-16-9-6-10-17-24)20-21-12-11-13-22(19-21)25-2/h3-17,19H,18,20H2,1-2H3/q+1. The molecule has 0 saturated carbocycles. The van der Waals surface area contributed by atoms with E-state index in [-0.39, 0.29) is 0 Å². The van der Waals surface area contributed by atoms with Crippen LogP contribution in [0.3, 0.4) is 0 Å². The molecule has 0 N–H and O–H groups in total. The summed E-state index contributed by atoms with van der Waals surface area (Å²) in [6.45, 7) is 2.11. The molecule has 0 radical (unpaired) electrons. The van der Waals surface area contributed by atoms with Crippen molar-refractivity contribution in [2.45, 2.75) is 13.1 Å². The zero-order valence-electron chi connectivity index (χ0n) is 15.5. The van der Waals surface area contributed by atoms with Gasteiger partial charge in [-0.1, -0.05) is 60.7 Å². The third-order valence-corrected chi connectivity index (χ3v) is 9.05. The molecule has 0 saturated heterocycles. The predicted molar refractivity (Wildman–Crippen MR) is 115 cm³/mol. The molecule has 0 aromatic heterocycles. The molecule has 132 valence electrons. The minimum atomic E-state index is -1.61. The lowest BCUT2D eigenvalue weighted by Crippen LogP contribution is -2.26. The van der Waals surface area contributed by atoms with Crippen LogP contribution in [0.25, 0.3) is 0 Å². The summed E-state index contributed by atoms with van der Waals surface area (Å²) < 4.78 is 5.46. The molecule has 0 amide bonds. The Bertz CT molecular complexity index is 801. The van der Waals surface area contributed by atoms with Gasteiger partial charge in [0.2, 0.25) is 0 Å². The van der Waals surface area contributed by atoms with E-state index in [1.54, 1.807) is 7.11 Å². The average Bonchev–Trinajstić information content (AvgIpc) is 2.72. The van der Waals surface area contributed by atoms with Gasteiger partial charge in [-0.3, -0.25) is 0 Å². The predicted octanol–water partition coefficient (Wildman–Crippen LogP) is 5.44. The van der Waals surface area contributed by atoms with Crippen molar-refractivity contribution in [3.63, 3.8) is 0 Å². The van der Waals surface area contributed by atoms with Crippen molar-refractivity contribution in [1.29, 1.82) is 0 Å². The van der Waals surface area contributed by atoms with Crippen molar-refractivity contribution in [2.75, 3.05) is 13.3 Å². The molecule has 0 aliphatic heterocycles. The van der Waals surface area contributed by atoms with Crippen LogP contribution >= 0.6 is 7.26 Å². The van der Waals surface area contributed by atoms with Gasteiger partial charge in [-0.25, -0.2) is 0 Å². The van der Waals surface area contributed by atoms with Crippen LogP contribution in [0.5, 0.6) is 5.75 Å². The van der Waals surface area contributed by atoms with Gasteiger partial charge < -0.3 is 4.74 Å². The number of benzene rings is 3. The van der Waals surface area contributed by atoms with E-state index >= 15 is 0 Å². The first kappa shape index (κ1) is 18.4. The van der Waals surface area contributed by atoms with Crippen LogP contribution in [0, 0.1) is 0 Å². The number of rotatable bonds is 7. The normalized spacial score (nSPS) is 11.6. The molecular weight excluding hydrogens is 335 g/mol. The maximum Gasteiger partial charge on any atom is 0.119 e. The van der Waals surface area contributed by atoms with Crippen LogP contribution in [-0.2, 0) is 6.16 Å². The number of methoxy groups -OCH3 is 1. The van der Waals surface area contributed by atoms with E-state index in [4.69, 9.17) is 4.74 Å². The van der Waals surface area contributed by atoms with Crippen LogP contribution in [0.2, 0.25) is 0 Å². The van der Waals surface area contributed by atoms with Gasteiger partial charge in [-0.2, -0.15) is 0 Å². The van der Waals surface area contributed by atoms with E-state index in [9.17, 15) is 0 Å². The Morgan fingerprint density at radius 3 is 1.96 bits per heavy atom. The maximum atomic E-state index is 5.46. The van der Waals surface area contributed by atoms with Crippen molar-refractivity contribution in [3.05, 3.63) is 103 Å². The fourth-order valence-corrected chi connectivity index (χ4v) is 7.49. The topological polar surface area (TPSA) is 9.23 Å². The van der Waals surface area contributed by atoms with E-state index in [1.165, 1.54) is 16.2 Å². The van der Waals surface area contributed by atoms with Crippen molar-refractivity contribution in [1.82, 2.24) is 0 Å². The fourth-order valence-electron chi connectivity index (χ4n) is 3.40. The summed E-state index contributed by atoms with van der Waals surface area (Å²) in [5, 5.41) is 2.90. The molecule has 0 aliphatic carbocycles. The van der Waals surface area contributed by atoms with Crippen LogP contribution in [0.15, 0.2) is 97.1 Å². The minimum Gasteiger partial charge on any atom is -0.497 e. The Kier molecular flexibility index (Phi) is 6.26. The first-order chi connectivity index (χ1) is 12.8. The molecule has 3 aromatic rings. The molecule has 0 heterocycles. The van der Waals surface area contributed by atoms with Crippen LogP contribution in [0.1, 0.15) is 12.5 Å². The lowest BCUT2D eigenvalue weighted by molar-refractivity contribution is 0.414. The Morgan fingerprint density at radius 2 is 1.42 bits per heavy atom. The number of hydrogen-bond donors (Lipinski definition) is 0. The summed E-state index contributed by atoms with van der Waals surface area (Å²) >= 11 is 0. The Morgan fingerprint density at radius 1 is 0.808 bits per heavy atom. The summed E-state index contributed by atoms with van der Waals surface area (Å²) in [6, 6.07) is 30.5. The quantitative estimate of drug-likeness (QED) is 0.402. The van der Waals surface area contributed by atoms with E-state index < -0.39 is 7.26 Å². The van der Waals surface area contributed by atoms with Crippen LogP contribution in [0.4, 0.5) is 0 Å². The second-order valence-corrected chi connectivity index (χ2v) is 10.1. The lowest BCUT2D eigenvalue weighted by Gasteiger charge is -2.27. The highest BCUT2D eigenvalue weighted by Crippen LogP contribution is 2.59. The second kappa shape index (κ2) is 8.83. The molecule has 0 aliphatic rings. The summed E-state index contributed by atoms with van der Waals surface area (Å²) in [7, 11) is 0.120. The third-order valence-electron chi connectivity index (χ3n) is 4.74. The van der Waals surface area contributed by atoms with Gasteiger partial charge in [-0.05, 0) is 48.9 Å². The highest BCUT2D eigenvalue weighted by molar-refractivity contribution is 7.89. The number of ether oxygens (including phenoxy) is 1.